The summed E-state index contributed by atoms with van der Waals surface area (Å²) in [6, 6.07) is 12.3. The van der Waals surface area contributed by atoms with Gasteiger partial charge in [-0.25, -0.2) is 0 Å². The molecule has 1 heterocycles. The minimum Gasteiger partial charge on any atom is -0.494 e. The van der Waals surface area contributed by atoms with E-state index in [1.54, 1.807) is 0 Å². The van der Waals surface area contributed by atoms with Crippen LogP contribution in [-0.2, 0) is 0 Å². The van der Waals surface area contributed by atoms with Gasteiger partial charge in [0, 0.05) is 17.5 Å². The molecule has 1 aliphatic heterocycles. The molecule has 0 unspecified atom stereocenters. The number of fused-ring (bicyclic) bond motifs is 1. The zero-order valence-corrected chi connectivity index (χ0v) is 15.2. The number of hydrogen-bond acceptors (Lipinski definition) is 4. The van der Waals surface area contributed by atoms with Gasteiger partial charge in [0.15, 0.2) is 11.5 Å². The van der Waals surface area contributed by atoms with Crippen LogP contribution in [0.15, 0.2) is 36.4 Å². The van der Waals surface area contributed by atoms with Gasteiger partial charge in [0.25, 0.3) is 0 Å². The summed E-state index contributed by atoms with van der Waals surface area (Å²) < 4.78 is 22.6. The highest BCUT2D eigenvalue weighted by Gasteiger charge is 2.22. The molecule has 25 heavy (non-hydrogen) atoms. The van der Waals surface area contributed by atoms with Crippen molar-refractivity contribution >= 4 is 0 Å². The minimum atomic E-state index is 0.181. The summed E-state index contributed by atoms with van der Waals surface area (Å²) in [4.78, 5) is 0. The largest absolute Gasteiger partial charge is 0.494 e. The normalized spacial score (nSPS) is 13.6. The van der Waals surface area contributed by atoms with Crippen molar-refractivity contribution in [1.29, 1.82) is 0 Å². The molecule has 0 aliphatic carbocycles. The van der Waals surface area contributed by atoms with E-state index in [1.807, 2.05) is 31.2 Å². The molecule has 0 N–H and O–H groups in total. The van der Waals surface area contributed by atoms with Gasteiger partial charge in [-0.1, -0.05) is 32.4 Å². The van der Waals surface area contributed by atoms with Crippen LogP contribution in [0.2, 0.25) is 0 Å². The molecule has 2 aromatic rings. The molecule has 2 aromatic carbocycles. The third-order valence-corrected chi connectivity index (χ3v) is 4.42. The maximum absolute atomic E-state index is 5.83. The lowest BCUT2D eigenvalue weighted by Gasteiger charge is -2.18. The Morgan fingerprint density at radius 1 is 1.00 bits per heavy atom. The summed E-state index contributed by atoms with van der Waals surface area (Å²) in [5.74, 6) is 3.48. The van der Waals surface area contributed by atoms with Gasteiger partial charge >= 0.3 is 0 Å². The fraction of sp³-hybridized carbons (Fsp3) is 0.429. The lowest BCUT2D eigenvalue weighted by atomic mass is 9.92. The average molecular weight is 342 g/mol. The Kier molecular flexibility index (Phi) is 5.69. The lowest BCUT2D eigenvalue weighted by Crippen LogP contribution is -2.02. The van der Waals surface area contributed by atoms with Crippen molar-refractivity contribution in [3.8, 4) is 23.0 Å². The highest BCUT2D eigenvalue weighted by atomic mass is 16.7. The number of hydrogen-bond donors (Lipinski definition) is 0. The Morgan fingerprint density at radius 3 is 2.40 bits per heavy atom. The highest BCUT2D eigenvalue weighted by molar-refractivity contribution is 5.54. The van der Waals surface area contributed by atoms with Crippen LogP contribution in [0, 0.1) is 0 Å². The van der Waals surface area contributed by atoms with E-state index in [2.05, 4.69) is 26.0 Å². The molecule has 0 amide bonds. The maximum atomic E-state index is 5.83. The summed E-state index contributed by atoms with van der Waals surface area (Å²) in [6.45, 7) is 7.97. The molecule has 0 radical (unpaired) electrons. The van der Waals surface area contributed by atoms with E-state index in [4.69, 9.17) is 18.9 Å². The smallest absolute Gasteiger partial charge is 0.231 e. The standard InChI is InChI=1S/C21H26O4/c1-4-6-11-23-17-9-7-16(8-10-17)15(3)18-12-20-21(25-14-24-20)13-19(18)22-5-2/h7-10,12-13,15H,4-6,11,14H2,1-3H3/t15-/m0/s1. The Labute approximate surface area is 149 Å². The van der Waals surface area contributed by atoms with Crippen LogP contribution in [0.3, 0.4) is 0 Å². The zero-order chi connectivity index (χ0) is 17.6. The monoisotopic (exact) mass is 342 g/mol. The number of benzene rings is 2. The summed E-state index contributed by atoms with van der Waals surface area (Å²) in [5.41, 5.74) is 2.31. The number of unbranched alkanes of at least 4 members (excludes halogenated alkanes) is 1. The number of ether oxygens (including phenoxy) is 4. The van der Waals surface area contributed by atoms with Gasteiger partial charge in [0.1, 0.15) is 11.5 Å². The van der Waals surface area contributed by atoms with Gasteiger partial charge in [-0.05, 0) is 37.1 Å². The first-order valence-electron chi connectivity index (χ1n) is 9.02. The SMILES string of the molecule is CCCCOc1ccc([C@H](C)c2cc3c(cc2OCC)OCO3)cc1. The molecule has 4 heteroatoms. The second-order valence-electron chi connectivity index (χ2n) is 6.17. The number of rotatable bonds is 8. The molecule has 3 rings (SSSR count). The Balaban J connectivity index is 1.81. The lowest BCUT2D eigenvalue weighted by molar-refractivity contribution is 0.173. The summed E-state index contributed by atoms with van der Waals surface area (Å²) >= 11 is 0. The predicted molar refractivity (Wildman–Crippen MR) is 98.1 cm³/mol. The van der Waals surface area contributed by atoms with E-state index in [0.29, 0.717) is 6.61 Å². The minimum absolute atomic E-state index is 0.181. The van der Waals surface area contributed by atoms with Crippen LogP contribution in [0.5, 0.6) is 23.0 Å². The fourth-order valence-electron chi connectivity index (χ4n) is 2.92. The molecule has 4 nitrogen and oxygen atoms in total. The summed E-state index contributed by atoms with van der Waals surface area (Å²) in [7, 11) is 0. The first-order chi connectivity index (χ1) is 12.2. The van der Waals surface area contributed by atoms with Crippen LogP contribution >= 0.6 is 0 Å². The van der Waals surface area contributed by atoms with Gasteiger partial charge < -0.3 is 18.9 Å². The van der Waals surface area contributed by atoms with Crippen LogP contribution in [0.25, 0.3) is 0 Å². The Hall–Kier alpha value is -2.36. The quantitative estimate of drug-likeness (QED) is 0.622. The van der Waals surface area contributed by atoms with E-state index in [-0.39, 0.29) is 12.7 Å². The summed E-state index contributed by atoms with van der Waals surface area (Å²) in [5, 5.41) is 0. The second kappa shape index (κ2) is 8.15. The van der Waals surface area contributed by atoms with Crippen molar-refractivity contribution in [3.05, 3.63) is 47.5 Å². The Bertz CT molecular complexity index is 694. The van der Waals surface area contributed by atoms with Crippen LogP contribution in [-0.4, -0.2) is 20.0 Å². The van der Waals surface area contributed by atoms with Crippen LogP contribution < -0.4 is 18.9 Å². The molecular weight excluding hydrogens is 316 g/mol. The molecule has 0 saturated carbocycles. The average Bonchev–Trinajstić information content (AvgIpc) is 3.09. The van der Waals surface area contributed by atoms with Gasteiger partial charge in [0.2, 0.25) is 6.79 Å². The molecule has 0 fully saturated rings. The van der Waals surface area contributed by atoms with E-state index >= 15 is 0 Å². The molecule has 1 atom stereocenters. The van der Waals surface area contributed by atoms with E-state index < -0.39 is 0 Å². The van der Waals surface area contributed by atoms with Crippen LogP contribution in [0.4, 0.5) is 0 Å². The van der Waals surface area contributed by atoms with E-state index in [1.165, 1.54) is 5.56 Å². The van der Waals surface area contributed by atoms with Crippen molar-refractivity contribution in [2.45, 2.75) is 39.5 Å². The first-order valence-corrected chi connectivity index (χ1v) is 9.02. The van der Waals surface area contributed by atoms with E-state index in [9.17, 15) is 0 Å². The van der Waals surface area contributed by atoms with Crippen LogP contribution in [0.1, 0.15) is 50.7 Å². The third-order valence-electron chi connectivity index (χ3n) is 4.42. The molecular formula is C21H26O4. The van der Waals surface area contributed by atoms with Crippen molar-refractivity contribution in [2.24, 2.45) is 0 Å². The molecule has 0 spiro atoms. The van der Waals surface area contributed by atoms with Gasteiger partial charge in [0.05, 0.1) is 13.2 Å². The maximum Gasteiger partial charge on any atom is 0.231 e. The van der Waals surface area contributed by atoms with Gasteiger partial charge in [-0.15, -0.1) is 0 Å². The molecule has 1 aliphatic rings. The topological polar surface area (TPSA) is 36.9 Å². The predicted octanol–water partition coefficient (Wildman–Crippen LogP) is 5.14. The molecule has 0 bridgehead atoms. The molecule has 0 saturated heterocycles. The fourth-order valence-corrected chi connectivity index (χ4v) is 2.92. The first kappa shape index (κ1) is 17.5. The van der Waals surface area contributed by atoms with Gasteiger partial charge in [-0.3, -0.25) is 0 Å². The van der Waals surface area contributed by atoms with Gasteiger partial charge in [-0.2, -0.15) is 0 Å². The third kappa shape index (κ3) is 4.01. The molecule has 134 valence electrons. The summed E-state index contributed by atoms with van der Waals surface area (Å²) in [6.07, 6.45) is 2.21. The zero-order valence-electron chi connectivity index (χ0n) is 15.2. The van der Waals surface area contributed by atoms with Crippen molar-refractivity contribution in [2.75, 3.05) is 20.0 Å². The van der Waals surface area contributed by atoms with Crippen molar-refractivity contribution in [1.82, 2.24) is 0 Å². The molecule has 0 aromatic heterocycles. The Morgan fingerprint density at radius 2 is 1.72 bits per heavy atom. The highest BCUT2D eigenvalue weighted by Crippen LogP contribution is 2.42. The van der Waals surface area contributed by atoms with Crippen molar-refractivity contribution in [3.63, 3.8) is 0 Å². The van der Waals surface area contributed by atoms with Crippen molar-refractivity contribution < 1.29 is 18.9 Å². The van der Waals surface area contributed by atoms with E-state index in [0.717, 1.165) is 48.0 Å². The second-order valence-corrected chi connectivity index (χ2v) is 6.17.